The predicted octanol–water partition coefficient (Wildman–Crippen LogP) is 6.08. The van der Waals surface area contributed by atoms with Crippen LogP contribution in [-0.2, 0) is 9.53 Å². The number of carboxylic acids is 1. The summed E-state index contributed by atoms with van der Waals surface area (Å²) in [7, 11) is 0. The molecule has 10 heteroatoms. The minimum Gasteiger partial charge on any atom is -0.507 e. The minimum absolute atomic E-state index is 0.0101. The molecule has 0 aromatic heterocycles. The van der Waals surface area contributed by atoms with Gasteiger partial charge in [0, 0.05) is 5.56 Å². The molecular formula is C25H21Cl2NO7. The van der Waals surface area contributed by atoms with Crippen LogP contribution in [-0.4, -0.2) is 41.2 Å². The lowest BCUT2D eigenvalue weighted by Gasteiger charge is -2.21. The first-order valence-electron chi connectivity index (χ1n) is 10.4. The molecular weight excluding hydrogens is 497 g/mol. The maximum Gasteiger partial charge on any atom is 0.414 e. The van der Waals surface area contributed by atoms with Crippen LogP contribution in [0, 0.1) is 6.92 Å². The number of aromatic hydroxyl groups is 1. The van der Waals surface area contributed by atoms with Gasteiger partial charge in [-0.2, -0.15) is 0 Å². The first-order chi connectivity index (χ1) is 16.6. The van der Waals surface area contributed by atoms with Gasteiger partial charge in [0.05, 0.1) is 27.9 Å². The number of halogens is 2. The van der Waals surface area contributed by atoms with Gasteiger partial charge in [-0.05, 0) is 50.2 Å². The highest BCUT2D eigenvalue weighted by molar-refractivity contribution is 6.37. The maximum atomic E-state index is 12.9. The Hall–Kier alpha value is -3.75. The molecule has 3 aromatic carbocycles. The summed E-state index contributed by atoms with van der Waals surface area (Å²) in [6, 6.07) is 13.6. The van der Waals surface area contributed by atoms with E-state index in [4.69, 9.17) is 37.8 Å². The van der Waals surface area contributed by atoms with E-state index in [0.29, 0.717) is 5.56 Å². The van der Waals surface area contributed by atoms with E-state index < -0.39 is 24.4 Å². The number of benzene rings is 3. The number of anilines is 1. The Bertz CT molecular complexity index is 1270. The zero-order valence-corrected chi connectivity index (χ0v) is 20.3. The van der Waals surface area contributed by atoms with Gasteiger partial charge in [-0.3, -0.25) is 14.5 Å². The van der Waals surface area contributed by atoms with Gasteiger partial charge in [0.1, 0.15) is 18.0 Å². The largest absolute Gasteiger partial charge is 0.507 e. The molecule has 0 aliphatic carbocycles. The van der Waals surface area contributed by atoms with Crippen LogP contribution in [0.4, 0.5) is 10.5 Å². The molecule has 0 saturated heterocycles. The van der Waals surface area contributed by atoms with E-state index in [1.54, 1.807) is 25.1 Å². The first kappa shape index (κ1) is 25.9. The number of hydrogen-bond acceptors (Lipinski definition) is 6. The molecule has 182 valence electrons. The van der Waals surface area contributed by atoms with E-state index in [0.717, 1.165) is 10.5 Å². The Kier molecular flexibility index (Phi) is 8.22. The van der Waals surface area contributed by atoms with Crippen LogP contribution < -0.4 is 9.64 Å². The number of phenolic OH excluding ortho intramolecular Hbond substituents is 1. The van der Waals surface area contributed by atoms with Crippen molar-refractivity contribution in [3.8, 4) is 17.2 Å². The average molecular weight is 518 g/mol. The molecule has 0 aliphatic rings. The van der Waals surface area contributed by atoms with Gasteiger partial charge in [0.2, 0.25) is 0 Å². The van der Waals surface area contributed by atoms with Crippen LogP contribution in [0.25, 0.3) is 0 Å². The average Bonchev–Trinajstić information content (AvgIpc) is 2.80. The molecule has 1 amide bonds. The third-order valence-electron chi connectivity index (χ3n) is 4.79. The monoisotopic (exact) mass is 517 g/mol. The highest BCUT2D eigenvalue weighted by Crippen LogP contribution is 2.40. The zero-order valence-electron chi connectivity index (χ0n) is 18.7. The number of carboxylic acid groups (broad SMARTS) is 1. The lowest BCUT2D eigenvalue weighted by molar-refractivity contribution is -0.135. The second-order valence-electron chi connectivity index (χ2n) is 7.40. The molecule has 8 nitrogen and oxygen atoms in total. The zero-order chi connectivity index (χ0) is 25.7. The van der Waals surface area contributed by atoms with E-state index >= 15 is 0 Å². The number of rotatable bonds is 8. The van der Waals surface area contributed by atoms with Crippen molar-refractivity contribution in [3.05, 3.63) is 81.3 Å². The van der Waals surface area contributed by atoms with E-state index in [2.05, 4.69) is 0 Å². The van der Waals surface area contributed by atoms with Gasteiger partial charge in [-0.25, -0.2) is 4.79 Å². The van der Waals surface area contributed by atoms with Crippen molar-refractivity contribution < 1.29 is 34.1 Å². The van der Waals surface area contributed by atoms with E-state index in [1.165, 1.54) is 30.3 Å². The van der Waals surface area contributed by atoms with Gasteiger partial charge in [0.25, 0.3) is 0 Å². The molecule has 0 heterocycles. The number of carbonyl (C=O) groups is 3. The van der Waals surface area contributed by atoms with Crippen molar-refractivity contribution in [1.82, 2.24) is 0 Å². The molecule has 0 fully saturated rings. The Balaban J connectivity index is 1.93. The summed E-state index contributed by atoms with van der Waals surface area (Å²) in [5, 5.41) is 19.4. The van der Waals surface area contributed by atoms with Gasteiger partial charge in [0.15, 0.2) is 11.5 Å². The van der Waals surface area contributed by atoms with Crippen molar-refractivity contribution in [2.45, 2.75) is 13.8 Å². The standard InChI is InChI=1S/C25H21Cl2NO7/c1-3-34-25(33)28(13-22(30)31)16-10-19(26)24(20(27)11-16)35-17-7-8-21(29)18(12-17)23(32)15-6-4-5-14(2)9-15/h4-12,29H,3,13H2,1-2H3,(H,30,31). The molecule has 0 atom stereocenters. The molecule has 0 aliphatic heterocycles. The number of carbonyl (C=O) groups excluding carboxylic acids is 2. The summed E-state index contributed by atoms with van der Waals surface area (Å²) in [6.45, 7) is 2.81. The van der Waals surface area contributed by atoms with Gasteiger partial charge in [-0.15, -0.1) is 0 Å². The van der Waals surface area contributed by atoms with Gasteiger partial charge >= 0.3 is 12.1 Å². The van der Waals surface area contributed by atoms with Gasteiger partial charge in [-0.1, -0.05) is 47.0 Å². The summed E-state index contributed by atoms with van der Waals surface area (Å²) in [5.41, 5.74) is 1.40. The Labute approximate surface area is 211 Å². The van der Waals surface area contributed by atoms with Gasteiger partial charge < -0.3 is 19.7 Å². The van der Waals surface area contributed by atoms with Crippen molar-refractivity contribution in [3.63, 3.8) is 0 Å². The van der Waals surface area contributed by atoms with Crippen molar-refractivity contribution in [2.24, 2.45) is 0 Å². The second kappa shape index (κ2) is 11.1. The van der Waals surface area contributed by atoms with Crippen LogP contribution >= 0.6 is 23.2 Å². The Morgan fingerprint density at radius 1 is 1.00 bits per heavy atom. The van der Waals surface area contributed by atoms with Crippen molar-refractivity contribution in [1.29, 1.82) is 0 Å². The fourth-order valence-corrected chi connectivity index (χ4v) is 3.77. The third kappa shape index (κ3) is 6.23. The number of ketones is 1. The summed E-state index contributed by atoms with van der Waals surface area (Å²) < 4.78 is 10.7. The lowest BCUT2D eigenvalue weighted by atomic mass is 10.0. The molecule has 2 N–H and O–H groups in total. The highest BCUT2D eigenvalue weighted by Gasteiger charge is 2.23. The molecule has 0 spiro atoms. The number of nitrogens with zero attached hydrogens (tertiary/aromatic N) is 1. The van der Waals surface area contributed by atoms with Crippen LogP contribution in [0.3, 0.4) is 0 Å². The topological polar surface area (TPSA) is 113 Å². The SMILES string of the molecule is CCOC(=O)N(CC(=O)O)c1cc(Cl)c(Oc2ccc(O)c(C(=O)c3cccc(C)c3)c2)c(Cl)c1. The van der Waals surface area contributed by atoms with Crippen LogP contribution in [0.5, 0.6) is 17.2 Å². The number of amides is 1. The normalized spacial score (nSPS) is 10.5. The molecule has 0 bridgehead atoms. The summed E-state index contributed by atoms with van der Waals surface area (Å²) >= 11 is 12.7. The van der Waals surface area contributed by atoms with Crippen LogP contribution in [0.2, 0.25) is 10.0 Å². The number of aliphatic carboxylic acids is 1. The van der Waals surface area contributed by atoms with E-state index in [-0.39, 0.29) is 45.2 Å². The smallest absolute Gasteiger partial charge is 0.414 e. The van der Waals surface area contributed by atoms with Crippen molar-refractivity contribution in [2.75, 3.05) is 18.1 Å². The number of hydrogen-bond donors (Lipinski definition) is 2. The summed E-state index contributed by atoms with van der Waals surface area (Å²) in [5.74, 6) is -1.71. The Morgan fingerprint density at radius 3 is 2.29 bits per heavy atom. The Morgan fingerprint density at radius 2 is 1.69 bits per heavy atom. The highest BCUT2D eigenvalue weighted by atomic mass is 35.5. The molecule has 0 saturated carbocycles. The van der Waals surface area contributed by atoms with E-state index in [1.807, 2.05) is 13.0 Å². The fourth-order valence-electron chi connectivity index (χ4n) is 3.22. The molecule has 3 aromatic rings. The predicted molar refractivity (Wildman–Crippen MR) is 131 cm³/mol. The lowest BCUT2D eigenvalue weighted by Crippen LogP contribution is -2.36. The molecule has 35 heavy (non-hydrogen) atoms. The third-order valence-corrected chi connectivity index (χ3v) is 5.35. The molecule has 3 rings (SSSR count). The van der Waals surface area contributed by atoms with Crippen molar-refractivity contribution >= 4 is 46.7 Å². The summed E-state index contributed by atoms with van der Waals surface area (Å²) in [4.78, 5) is 37.2. The number of ether oxygens (including phenoxy) is 2. The second-order valence-corrected chi connectivity index (χ2v) is 8.21. The quantitative estimate of drug-likeness (QED) is 0.348. The summed E-state index contributed by atoms with van der Waals surface area (Å²) in [6.07, 6.45) is -0.881. The fraction of sp³-hybridized carbons (Fsp3) is 0.160. The van der Waals surface area contributed by atoms with Crippen LogP contribution in [0.1, 0.15) is 28.4 Å². The van der Waals surface area contributed by atoms with E-state index in [9.17, 15) is 19.5 Å². The first-order valence-corrected chi connectivity index (χ1v) is 11.1. The van der Waals surface area contributed by atoms with Crippen LogP contribution in [0.15, 0.2) is 54.6 Å². The minimum atomic E-state index is -1.26. The molecule has 0 unspecified atom stereocenters. The maximum absolute atomic E-state index is 12.9. The molecule has 0 radical (unpaired) electrons. The number of aryl methyl sites for hydroxylation is 1. The number of phenols is 1.